The van der Waals surface area contributed by atoms with Gasteiger partial charge in [-0.3, -0.25) is 4.79 Å². The van der Waals surface area contributed by atoms with E-state index in [1.165, 1.54) is 16.9 Å². The molecule has 1 atom stereocenters. The third-order valence-electron chi connectivity index (χ3n) is 4.62. The Bertz CT molecular complexity index is 1010. The molecule has 1 N–H and O–H groups in total. The molecular weight excluding hydrogens is 422 g/mol. The van der Waals surface area contributed by atoms with Crippen molar-refractivity contribution < 1.29 is 9.53 Å². The minimum absolute atomic E-state index is 0.0898. The fraction of sp³-hybridized carbons (Fsp3) is 0.286. The molecule has 8 heteroatoms. The molecule has 5 nitrogen and oxygen atoms in total. The first-order chi connectivity index (χ1) is 14.2. The normalized spacial score (nSPS) is 16.1. The molecule has 2 aromatic carbocycles. The van der Waals surface area contributed by atoms with Crippen LogP contribution in [-0.4, -0.2) is 34.9 Å². The van der Waals surface area contributed by atoms with E-state index in [0.717, 1.165) is 35.2 Å². The number of ether oxygens (including phenoxy) is 1. The second-order valence-electron chi connectivity index (χ2n) is 6.71. The molecule has 4 rings (SSSR count). The zero-order valence-corrected chi connectivity index (χ0v) is 18.2. The van der Waals surface area contributed by atoms with Crippen molar-refractivity contribution in [2.45, 2.75) is 29.0 Å². The number of nitrogens with zero attached hydrogens (tertiary/aromatic N) is 2. The Kier molecular flexibility index (Phi) is 6.76. The number of nitrogens with one attached hydrogen (secondary N) is 1. The Morgan fingerprint density at radius 1 is 1.24 bits per heavy atom. The summed E-state index contributed by atoms with van der Waals surface area (Å²) in [5.74, 6) is 0.764. The molecule has 1 saturated heterocycles. The summed E-state index contributed by atoms with van der Waals surface area (Å²) in [6.07, 6.45) is 2.21. The molecule has 0 bridgehead atoms. The standard InChI is InChI=1S/C21H21N3O2S3/c25-19(22-13-18-7-4-12-26-18)16-8-10-17(11-9-16)24-21(27)29-20(23-24)28-14-15-5-2-1-3-6-15/h1-3,5-6,8-11,18H,4,7,12-14H2,(H,22,25). The van der Waals surface area contributed by atoms with Gasteiger partial charge in [0.2, 0.25) is 0 Å². The number of carbonyl (C=O) groups excluding carboxylic acids is 1. The highest BCUT2D eigenvalue weighted by Crippen LogP contribution is 2.27. The second kappa shape index (κ2) is 9.67. The van der Waals surface area contributed by atoms with Gasteiger partial charge < -0.3 is 10.1 Å². The Morgan fingerprint density at radius 2 is 2.03 bits per heavy atom. The molecule has 0 saturated carbocycles. The predicted molar refractivity (Wildman–Crippen MR) is 120 cm³/mol. The lowest BCUT2D eigenvalue weighted by Crippen LogP contribution is -2.31. The van der Waals surface area contributed by atoms with Gasteiger partial charge in [0.25, 0.3) is 5.91 Å². The summed E-state index contributed by atoms with van der Waals surface area (Å²) < 4.78 is 8.91. The van der Waals surface area contributed by atoms with Crippen LogP contribution in [0.2, 0.25) is 0 Å². The van der Waals surface area contributed by atoms with Crippen molar-refractivity contribution >= 4 is 41.2 Å². The van der Waals surface area contributed by atoms with Gasteiger partial charge in [0, 0.05) is 24.5 Å². The average Bonchev–Trinajstić information content (AvgIpc) is 3.41. The van der Waals surface area contributed by atoms with E-state index >= 15 is 0 Å². The SMILES string of the molecule is O=C(NCC1CCCO1)c1ccc(-n2nc(SCc3ccccc3)sc2=S)cc1. The quantitative estimate of drug-likeness (QED) is 0.417. The summed E-state index contributed by atoms with van der Waals surface area (Å²) in [4.78, 5) is 12.3. The lowest BCUT2D eigenvalue weighted by molar-refractivity contribution is 0.0858. The van der Waals surface area contributed by atoms with Crippen molar-refractivity contribution in [3.63, 3.8) is 0 Å². The largest absolute Gasteiger partial charge is 0.376 e. The van der Waals surface area contributed by atoms with E-state index in [9.17, 15) is 4.79 Å². The van der Waals surface area contributed by atoms with E-state index in [0.29, 0.717) is 16.1 Å². The molecule has 1 aromatic heterocycles. The fourth-order valence-electron chi connectivity index (χ4n) is 3.07. The smallest absolute Gasteiger partial charge is 0.251 e. The molecule has 29 heavy (non-hydrogen) atoms. The van der Waals surface area contributed by atoms with Gasteiger partial charge in [-0.15, -0.1) is 5.10 Å². The van der Waals surface area contributed by atoms with Crippen molar-refractivity contribution in [3.8, 4) is 5.69 Å². The maximum atomic E-state index is 12.3. The number of carbonyl (C=O) groups is 1. The van der Waals surface area contributed by atoms with Crippen LogP contribution in [0.5, 0.6) is 0 Å². The Hall–Kier alpha value is -2.00. The highest BCUT2D eigenvalue weighted by Gasteiger charge is 2.16. The number of aromatic nitrogens is 2. The van der Waals surface area contributed by atoms with Crippen LogP contribution in [0.1, 0.15) is 28.8 Å². The van der Waals surface area contributed by atoms with Crippen LogP contribution in [0.4, 0.5) is 0 Å². The maximum Gasteiger partial charge on any atom is 0.251 e. The van der Waals surface area contributed by atoms with Crippen molar-refractivity contribution in [2.24, 2.45) is 0 Å². The van der Waals surface area contributed by atoms with Crippen LogP contribution in [0.25, 0.3) is 5.69 Å². The molecule has 0 spiro atoms. The lowest BCUT2D eigenvalue weighted by Gasteiger charge is -2.11. The molecule has 1 fully saturated rings. The van der Waals surface area contributed by atoms with E-state index < -0.39 is 0 Å². The Labute approximate surface area is 183 Å². The summed E-state index contributed by atoms with van der Waals surface area (Å²) in [6.45, 7) is 1.34. The molecule has 0 aliphatic carbocycles. The number of rotatable bonds is 7. The topological polar surface area (TPSA) is 56.1 Å². The molecular formula is C21H21N3O2S3. The highest BCUT2D eigenvalue weighted by atomic mass is 32.2. The van der Waals surface area contributed by atoms with Crippen molar-refractivity contribution in [1.29, 1.82) is 0 Å². The molecule has 150 valence electrons. The van der Waals surface area contributed by atoms with Gasteiger partial charge in [-0.1, -0.05) is 53.4 Å². The molecule has 1 unspecified atom stereocenters. The van der Waals surface area contributed by atoms with Gasteiger partial charge in [-0.05, 0) is 54.9 Å². The molecule has 3 aromatic rings. The maximum absolute atomic E-state index is 12.3. The van der Waals surface area contributed by atoms with E-state index in [1.54, 1.807) is 28.6 Å². The number of hydrogen-bond donors (Lipinski definition) is 1. The summed E-state index contributed by atoms with van der Waals surface area (Å²) >= 11 is 8.66. The van der Waals surface area contributed by atoms with Crippen molar-refractivity contribution in [1.82, 2.24) is 15.1 Å². The first-order valence-corrected chi connectivity index (χ1v) is 11.7. The molecule has 2 heterocycles. The first kappa shape index (κ1) is 20.3. The Morgan fingerprint density at radius 3 is 2.76 bits per heavy atom. The van der Waals surface area contributed by atoms with E-state index in [4.69, 9.17) is 17.0 Å². The molecule has 1 aliphatic rings. The number of thioether (sulfide) groups is 1. The zero-order chi connectivity index (χ0) is 20.1. The van der Waals surface area contributed by atoms with Crippen molar-refractivity contribution in [3.05, 3.63) is 69.7 Å². The second-order valence-corrected chi connectivity index (χ2v) is 9.56. The van der Waals surface area contributed by atoms with Gasteiger partial charge >= 0.3 is 0 Å². The van der Waals surface area contributed by atoms with Crippen LogP contribution in [0.3, 0.4) is 0 Å². The van der Waals surface area contributed by atoms with Crippen LogP contribution < -0.4 is 5.32 Å². The number of hydrogen-bond acceptors (Lipinski definition) is 6. The number of amides is 1. The predicted octanol–water partition coefficient (Wildman–Crippen LogP) is 4.86. The van der Waals surface area contributed by atoms with E-state index in [2.05, 4.69) is 22.5 Å². The summed E-state index contributed by atoms with van der Waals surface area (Å²) in [6, 6.07) is 17.7. The van der Waals surface area contributed by atoms with Gasteiger partial charge in [0.15, 0.2) is 8.29 Å². The average molecular weight is 444 g/mol. The first-order valence-electron chi connectivity index (χ1n) is 9.46. The monoisotopic (exact) mass is 443 g/mol. The van der Waals surface area contributed by atoms with Gasteiger partial charge in [0.1, 0.15) is 0 Å². The van der Waals surface area contributed by atoms with Crippen LogP contribution >= 0.6 is 35.3 Å². The van der Waals surface area contributed by atoms with E-state index in [-0.39, 0.29) is 12.0 Å². The van der Waals surface area contributed by atoms with Crippen LogP contribution in [-0.2, 0) is 10.5 Å². The fourth-order valence-corrected chi connectivity index (χ4v) is 5.39. The third-order valence-corrected chi connectivity index (χ3v) is 7.06. The third kappa shape index (κ3) is 5.33. The molecule has 1 aliphatic heterocycles. The summed E-state index contributed by atoms with van der Waals surface area (Å²) in [5.41, 5.74) is 2.73. The number of benzene rings is 2. The summed E-state index contributed by atoms with van der Waals surface area (Å²) in [5, 5.41) is 7.57. The zero-order valence-electron chi connectivity index (χ0n) is 15.7. The van der Waals surface area contributed by atoms with Gasteiger partial charge in [-0.2, -0.15) is 0 Å². The molecule has 0 radical (unpaired) electrons. The van der Waals surface area contributed by atoms with Gasteiger partial charge in [-0.25, -0.2) is 4.68 Å². The van der Waals surface area contributed by atoms with Crippen molar-refractivity contribution in [2.75, 3.05) is 13.2 Å². The minimum Gasteiger partial charge on any atom is -0.376 e. The summed E-state index contributed by atoms with van der Waals surface area (Å²) in [7, 11) is 0. The van der Waals surface area contributed by atoms with Crippen LogP contribution in [0.15, 0.2) is 58.9 Å². The minimum atomic E-state index is -0.0898. The molecule has 1 amide bonds. The lowest BCUT2D eigenvalue weighted by atomic mass is 10.2. The Balaban J connectivity index is 1.38. The van der Waals surface area contributed by atoms with Gasteiger partial charge in [0.05, 0.1) is 11.8 Å². The van der Waals surface area contributed by atoms with E-state index in [1.807, 2.05) is 30.3 Å². The van der Waals surface area contributed by atoms with Crippen LogP contribution in [0, 0.1) is 3.95 Å². The highest BCUT2D eigenvalue weighted by molar-refractivity contribution is 8.00.